The fraction of sp³-hybridized carbons (Fsp3) is 0.0625. The van der Waals surface area contributed by atoms with E-state index in [1.54, 1.807) is 6.08 Å². The molecule has 18 heavy (non-hydrogen) atoms. The average molecular weight is 236 g/mol. The molecular weight excluding hydrogens is 220 g/mol. The van der Waals surface area contributed by atoms with Crippen molar-refractivity contribution in [3.8, 4) is 11.4 Å². The predicted molar refractivity (Wildman–Crippen MR) is 76.9 cm³/mol. The van der Waals surface area contributed by atoms with E-state index >= 15 is 0 Å². The SMILES string of the molecule is C=C/C=C\C(=C/C)n1ccnc1-c1ccccc1. The van der Waals surface area contributed by atoms with Gasteiger partial charge in [0.15, 0.2) is 0 Å². The molecular formula is C16H16N2. The van der Waals surface area contributed by atoms with Gasteiger partial charge in [0.2, 0.25) is 0 Å². The van der Waals surface area contributed by atoms with Crippen molar-refractivity contribution in [2.24, 2.45) is 0 Å². The topological polar surface area (TPSA) is 17.8 Å². The molecule has 0 spiro atoms. The van der Waals surface area contributed by atoms with Crippen LogP contribution in [0.4, 0.5) is 0 Å². The summed E-state index contributed by atoms with van der Waals surface area (Å²) in [5, 5.41) is 0. The van der Waals surface area contributed by atoms with Gasteiger partial charge in [-0.05, 0) is 13.0 Å². The van der Waals surface area contributed by atoms with Crippen molar-refractivity contribution in [2.45, 2.75) is 6.92 Å². The van der Waals surface area contributed by atoms with E-state index in [2.05, 4.69) is 28.3 Å². The maximum Gasteiger partial charge on any atom is 0.144 e. The summed E-state index contributed by atoms with van der Waals surface area (Å²) in [5.74, 6) is 0.942. The Bertz CT molecular complexity index is 574. The van der Waals surface area contributed by atoms with Gasteiger partial charge in [-0.25, -0.2) is 4.98 Å². The van der Waals surface area contributed by atoms with E-state index in [1.807, 2.05) is 55.7 Å². The molecule has 0 saturated carbocycles. The number of hydrogen-bond donors (Lipinski definition) is 0. The molecule has 0 aliphatic carbocycles. The minimum atomic E-state index is 0.942. The van der Waals surface area contributed by atoms with Crippen LogP contribution in [0.5, 0.6) is 0 Å². The number of imidazole rings is 1. The lowest BCUT2D eigenvalue weighted by atomic mass is 10.2. The predicted octanol–water partition coefficient (Wildman–Crippen LogP) is 4.15. The van der Waals surface area contributed by atoms with Gasteiger partial charge in [0.1, 0.15) is 5.82 Å². The third kappa shape index (κ3) is 2.48. The van der Waals surface area contributed by atoms with E-state index in [0.717, 1.165) is 17.1 Å². The zero-order valence-electron chi connectivity index (χ0n) is 10.5. The van der Waals surface area contributed by atoms with Gasteiger partial charge in [0.25, 0.3) is 0 Å². The van der Waals surface area contributed by atoms with Crippen molar-refractivity contribution in [1.82, 2.24) is 9.55 Å². The zero-order chi connectivity index (χ0) is 12.8. The van der Waals surface area contributed by atoms with Crippen LogP contribution in [0.1, 0.15) is 6.92 Å². The zero-order valence-corrected chi connectivity index (χ0v) is 10.5. The first-order valence-corrected chi connectivity index (χ1v) is 5.91. The van der Waals surface area contributed by atoms with E-state index in [0.29, 0.717) is 0 Å². The number of aromatic nitrogens is 2. The Morgan fingerprint density at radius 3 is 2.72 bits per heavy atom. The number of allylic oxidation sites excluding steroid dienone is 5. The lowest BCUT2D eigenvalue weighted by Gasteiger charge is -2.08. The van der Waals surface area contributed by atoms with Crippen LogP contribution in [0.15, 0.2) is 73.6 Å². The van der Waals surface area contributed by atoms with E-state index in [1.165, 1.54) is 0 Å². The van der Waals surface area contributed by atoms with Crippen LogP contribution in [0.3, 0.4) is 0 Å². The second kappa shape index (κ2) is 5.82. The molecule has 1 aromatic carbocycles. The molecule has 2 heteroatoms. The summed E-state index contributed by atoms with van der Waals surface area (Å²) in [6, 6.07) is 10.2. The number of rotatable bonds is 4. The summed E-state index contributed by atoms with van der Waals surface area (Å²) in [6.45, 7) is 5.70. The van der Waals surface area contributed by atoms with Crippen molar-refractivity contribution in [3.05, 3.63) is 73.6 Å². The second-order valence-corrected chi connectivity index (χ2v) is 3.80. The van der Waals surface area contributed by atoms with Gasteiger partial charge >= 0.3 is 0 Å². The standard InChI is InChI=1S/C16H16N2/c1-3-5-11-15(4-2)18-13-12-17-16(18)14-9-7-6-8-10-14/h3-13H,1H2,2H3/b11-5-,15-4+. The maximum absolute atomic E-state index is 4.43. The summed E-state index contributed by atoms with van der Waals surface area (Å²) in [7, 11) is 0. The molecule has 0 radical (unpaired) electrons. The first-order chi connectivity index (χ1) is 8.86. The number of hydrogen-bond acceptors (Lipinski definition) is 1. The van der Waals surface area contributed by atoms with E-state index in [-0.39, 0.29) is 0 Å². The minimum Gasteiger partial charge on any atom is -0.300 e. The molecule has 2 rings (SSSR count). The van der Waals surface area contributed by atoms with Crippen LogP contribution in [0, 0.1) is 0 Å². The molecule has 0 fully saturated rings. The van der Waals surface area contributed by atoms with Crippen LogP contribution in [-0.2, 0) is 0 Å². The fourth-order valence-corrected chi connectivity index (χ4v) is 1.79. The van der Waals surface area contributed by atoms with Gasteiger partial charge in [-0.1, -0.05) is 55.1 Å². The molecule has 0 aliphatic rings. The van der Waals surface area contributed by atoms with Crippen LogP contribution in [0.25, 0.3) is 17.1 Å². The Morgan fingerprint density at radius 1 is 1.28 bits per heavy atom. The summed E-state index contributed by atoms with van der Waals surface area (Å²) in [6.07, 6.45) is 11.5. The van der Waals surface area contributed by atoms with E-state index in [9.17, 15) is 0 Å². The number of benzene rings is 1. The molecule has 2 aromatic rings. The summed E-state index contributed by atoms with van der Waals surface area (Å²) < 4.78 is 2.06. The first kappa shape index (κ1) is 12.1. The van der Waals surface area contributed by atoms with Crippen molar-refractivity contribution >= 4 is 5.70 Å². The van der Waals surface area contributed by atoms with E-state index < -0.39 is 0 Å². The Hall–Kier alpha value is -2.35. The Labute approximate surface area is 108 Å². The first-order valence-electron chi connectivity index (χ1n) is 5.91. The third-order valence-corrected chi connectivity index (χ3v) is 2.65. The largest absolute Gasteiger partial charge is 0.300 e. The summed E-state index contributed by atoms with van der Waals surface area (Å²) >= 11 is 0. The second-order valence-electron chi connectivity index (χ2n) is 3.80. The lowest BCUT2D eigenvalue weighted by Crippen LogP contribution is -1.96. The normalized spacial score (nSPS) is 11.9. The summed E-state index contributed by atoms with van der Waals surface area (Å²) in [5.41, 5.74) is 2.18. The molecule has 0 amide bonds. The van der Waals surface area contributed by atoms with Crippen LogP contribution >= 0.6 is 0 Å². The minimum absolute atomic E-state index is 0.942. The van der Waals surface area contributed by atoms with Crippen LogP contribution < -0.4 is 0 Å². The van der Waals surface area contributed by atoms with Gasteiger partial charge in [0.05, 0.1) is 0 Å². The highest BCUT2D eigenvalue weighted by atomic mass is 15.1. The van der Waals surface area contributed by atoms with Crippen molar-refractivity contribution < 1.29 is 0 Å². The molecule has 1 aromatic heterocycles. The van der Waals surface area contributed by atoms with Crippen LogP contribution in [0.2, 0.25) is 0 Å². The molecule has 0 N–H and O–H groups in total. The third-order valence-electron chi connectivity index (χ3n) is 2.65. The Kier molecular flexibility index (Phi) is 3.92. The lowest BCUT2D eigenvalue weighted by molar-refractivity contribution is 1.11. The molecule has 0 bridgehead atoms. The van der Waals surface area contributed by atoms with E-state index in [4.69, 9.17) is 0 Å². The monoisotopic (exact) mass is 236 g/mol. The van der Waals surface area contributed by atoms with Crippen LogP contribution in [-0.4, -0.2) is 9.55 Å². The molecule has 2 nitrogen and oxygen atoms in total. The van der Waals surface area contributed by atoms with Gasteiger partial charge in [-0.3, -0.25) is 0 Å². The molecule has 0 unspecified atom stereocenters. The quantitative estimate of drug-likeness (QED) is 0.729. The Balaban J connectivity index is 2.45. The van der Waals surface area contributed by atoms with Gasteiger partial charge in [-0.15, -0.1) is 0 Å². The van der Waals surface area contributed by atoms with Crippen molar-refractivity contribution in [3.63, 3.8) is 0 Å². The molecule has 0 aliphatic heterocycles. The molecule has 1 heterocycles. The smallest absolute Gasteiger partial charge is 0.144 e. The Morgan fingerprint density at radius 2 is 2.06 bits per heavy atom. The summed E-state index contributed by atoms with van der Waals surface area (Å²) in [4.78, 5) is 4.43. The van der Waals surface area contributed by atoms with Gasteiger partial charge in [0, 0.05) is 23.7 Å². The highest BCUT2D eigenvalue weighted by molar-refractivity contribution is 5.66. The van der Waals surface area contributed by atoms with Gasteiger partial charge < -0.3 is 4.57 Å². The molecule has 0 atom stereocenters. The molecule has 0 saturated heterocycles. The van der Waals surface area contributed by atoms with Gasteiger partial charge in [-0.2, -0.15) is 0 Å². The van der Waals surface area contributed by atoms with Crippen molar-refractivity contribution in [2.75, 3.05) is 0 Å². The molecule has 90 valence electrons. The highest BCUT2D eigenvalue weighted by Gasteiger charge is 2.06. The fourth-order valence-electron chi connectivity index (χ4n) is 1.79. The van der Waals surface area contributed by atoms with Crippen molar-refractivity contribution in [1.29, 1.82) is 0 Å². The number of nitrogens with zero attached hydrogens (tertiary/aromatic N) is 2. The maximum atomic E-state index is 4.43. The highest BCUT2D eigenvalue weighted by Crippen LogP contribution is 2.21. The average Bonchev–Trinajstić information content (AvgIpc) is 2.90.